The van der Waals surface area contributed by atoms with Crippen LogP contribution in [0.2, 0.25) is 0 Å². The van der Waals surface area contributed by atoms with Gasteiger partial charge in [0.2, 0.25) is 5.91 Å². The summed E-state index contributed by atoms with van der Waals surface area (Å²) >= 11 is 0. The zero-order chi connectivity index (χ0) is 11.8. The molecule has 2 unspecified atom stereocenters. The van der Waals surface area contributed by atoms with Gasteiger partial charge >= 0.3 is 0 Å². The molecular weight excluding hydrogens is 204 g/mol. The van der Waals surface area contributed by atoms with Gasteiger partial charge in [-0.15, -0.1) is 0 Å². The highest BCUT2D eigenvalue weighted by molar-refractivity contribution is 5.81. The Bertz CT molecular complexity index is 209. The molecule has 4 nitrogen and oxygen atoms in total. The SMILES string of the molecule is CC(CO)CCCNC1CCCCNC1=O. The van der Waals surface area contributed by atoms with Gasteiger partial charge in [0.05, 0.1) is 6.04 Å². The molecule has 0 bridgehead atoms. The lowest BCUT2D eigenvalue weighted by molar-refractivity contribution is -0.122. The summed E-state index contributed by atoms with van der Waals surface area (Å²) in [5, 5.41) is 15.1. The van der Waals surface area contributed by atoms with Gasteiger partial charge < -0.3 is 15.7 Å². The van der Waals surface area contributed by atoms with E-state index in [1.165, 1.54) is 0 Å². The van der Waals surface area contributed by atoms with Crippen molar-refractivity contribution in [2.45, 2.75) is 45.1 Å². The third-order valence-corrected chi connectivity index (χ3v) is 3.11. The number of amides is 1. The van der Waals surface area contributed by atoms with E-state index in [-0.39, 0.29) is 18.6 Å². The zero-order valence-corrected chi connectivity index (χ0v) is 10.2. The van der Waals surface area contributed by atoms with Crippen molar-refractivity contribution in [2.75, 3.05) is 19.7 Å². The number of aliphatic hydroxyl groups excluding tert-OH is 1. The van der Waals surface area contributed by atoms with Gasteiger partial charge in [0.15, 0.2) is 0 Å². The molecule has 0 saturated carbocycles. The summed E-state index contributed by atoms with van der Waals surface area (Å²) in [5.74, 6) is 0.512. The van der Waals surface area contributed by atoms with Crippen molar-refractivity contribution >= 4 is 5.91 Å². The fourth-order valence-electron chi connectivity index (χ4n) is 1.95. The van der Waals surface area contributed by atoms with Crippen LogP contribution in [0.3, 0.4) is 0 Å². The first-order chi connectivity index (χ1) is 7.74. The van der Waals surface area contributed by atoms with Crippen LogP contribution < -0.4 is 10.6 Å². The second kappa shape index (κ2) is 7.63. The van der Waals surface area contributed by atoms with E-state index in [1.807, 2.05) is 6.92 Å². The lowest BCUT2D eigenvalue weighted by Gasteiger charge is -2.15. The third-order valence-electron chi connectivity index (χ3n) is 3.11. The maximum absolute atomic E-state index is 11.6. The maximum atomic E-state index is 11.6. The number of hydrogen-bond donors (Lipinski definition) is 3. The van der Waals surface area contributed by atoms with Crippen molar-refractivity contribution in [1.29, 1.82) is 0 Å². The Hall–Kier alpha value is -0.610. The summed E-state index contributed by atoms with van der Waals surface area (Å²) in [6.07, 6.45) is 5.18. The van der Waals surface area contributed by atoms with Crippen molar-refractivity contribution in [3.8, 4) is 0 Å². The van der Waals surface area contributed by atoms with E-state index in [4.69, 9.17) is 5.11 Å². The predicted molar refractivity (Wildman–Crippen MR) is 64.1 cm³/mol. The standard InChI is InChI=1S/C12H24N2O2/c1-10(9-15)5-4-8-13-11-6-2-3-7-14-12(11)16/h10-11,13,15H,2-9H2,1H3,(H,14,16). The average Bonchev–Trinajstić information content (AvgIpc) is 2.49. The average molecular weight is 228 g/mol. The highest BCUT2D eigenvalue weighted by Crippen LogP contribution is 2.07. The molecule has 1 amide bonds. The molecule has 1 aliphatic rings. The van der Waals surface area contributed by atoms with E-state index in [1.54, 1.807) is 0 Å². The second-order valence-corrected chi connectivity index (χ2v) is 4.72. The van der Waals surface area contributed by atoms with Crippen molar-refractivity contribution in [1.82, 2.24) is 10.6 Å². The Morgan fingerprint density at radius 3 is 3.12 bits per heavy atom. The highest BCUT2D eigenvalue weighted by Gasteiger charge is 2.19. The minimum absolute atomic E-state index is 0.00747. The molecule has 94 valence electrons. The lowest BCUT2D eigenvalue weighted by atomic mass is 10.1. The summed E-state index contributed by atoms with van der Waals surface area (Å²) in [4.78, 5) is 11.6. The van der Waals surface area contributed by atoms with Crippen LogP contribution in [-0.2, 0) is 4.79 Å². The van der Waals surface area contributed by atoms with Crippen LogP contribution in [0.15, 0.2) is 0 Å². The first kappa shape index (κ1) is 13.5. The molecule has 0 aromatic heterocycles. The van der Waals surface area contributed by atoms with E-state index < -0.39 is 0 Å². The van der Waals surface area contributed by atoms with Crippen molar-refractivity contribution in [2.24, 2.45) is 5.92 Å². The second-order valence-electron chi connectivity index (χ2n) is 4.72. The van der Waals surface area contributed by atoms with Gasteiger partial charge in [-0.05, 0) is 44.6 Å². The topological polar surface area (TPSA) is 61.4 Å². The number of carbonyl (C=O) groups is 1. The van der Waals surface area contributed by atoms with Gasteiger partial charge in [0.25, 0.3) is 0 Å². The largest absolute Gasteiger partial charge is 0.396 e. The Balaban J connectivity index is 2.13. The van der Waals surface area contributed by atoms with E-state index in [9.17, 15) is 4.79 Å². The molecule has 1 fully saturated rings. The summed E-state index contributed by atoms with van der Waals surface area (Å²) in [5.41, 5.74) is 0. The highest BCUT2D eigenvalue weighted by atomic mass is 16.3. The van der Waals surface area contributed by atoms with E-state index in [2.05, 4.69) is 10.6 Å². The molecule has 0 aromatic rings. The first-order valence-electron chi connectivity index (χ1n) is 6.36. The number of carbonyl (C=O) groups excluding carboxylic acids is 1. The van der Waals surface area contributed by atoms with Gasteiger partial charge in [-0.25, -0.2) is 0 Å². The molecule has 0 aromatic carbocycles. The first-order valence-corrected chi connectivity index (χ1v) is 6.36. The van der Waals surface area contributed by atoms with Gasteiger partial charge in [-0.2, -0.15) is 0 Å². The van der Waals surface area contributed by atoms with Crippen molar-refractivity contribution in [3.05, 3.63) is 0 Å². The summed E-state index contributed by atoms with van der Waals surface area (Å²) in [6.45, 7) is 3.98. The lowest BCUT2D eigenvalue weighted by Crippen LogP contribution is -2.43. The monoisotopic (exact) mass is 228 g/mol. The molecule has 0 radical (unpaired) electrons. The Morgan fingerprint density at radius 1 is 1.56 bits per heavy atom. The van der Waals surface area contributed by atoms with Crippen LogP contribution in [0.1, 0.15) is 39.0 Å². The quantitative estimate of drug-likeness (QED) is 0.585. The number of rotatable bonds is 6. The fourth-order valence-corrected chi connectivity index (χ4v) is 1.95. The molecule has 3 N–H and O–H groups in total. The number of aliphatic hydroxyl groups is 1. The molecule has 2 atom stereocenters. The molecule has 1 aliphatic heterocycles. The molecule has 1 rings (SSSR count). The Labute approximate surface area is 97.8 Å². The zero-order valence-electron chi connectivity index (χ0n) is 10.2. The van der Waals surface area contributed by atoms with Crippen LogP contribution in [0, 0.1) is 5.92 Å². The number of hydrogen-bond acceptors (Lipinski definition) is 3. The molecule has 16 heavy (non-hydrogen) atoms. The molecular formula is C12H24N2O2. The smallest absolute Gasteiger partial charge is 0.237 e. The van der Waals surface area contributed by atoms with Crippen molar-refractivity contribution in [3.63, 3.8) is 0 Å². The summed E-state index contributed by atoms with van der Waals surface area (Å²) in [7, 11) is 0. The third kappa shape index (κ3) is 4.94. The molecule has 0 aliphatic carbocycles. The molecule has 4 heteroatoms. The normalized spacial score (nSPS) is 23.6. The predicted octanol–water partition coefficient (Wildman–Crippen LogP) is 0.653. The summed E-state index contributed by atoms with van der Waals surface area (Å²) < 4.78 is 0. The van der Waals surface area contributed by atoms with Crippen LogP contribution in [0.25, 0.3) is 0 Å². The van der Waals surface area contributed by atoms with E-state index in [0.29, 0.717) is 5.92 Å². The van der Waals surface area contributed by atoms with Crippen LogP contribution in [0.5, 0.6) is 0 Å². The molecule has 0 spiro atoms. The Morgan fingerprint density at radius 2 is 2.38 bits per heavy atom. The van der Waals surface area contributed by atoms with E-state index >= 15 is 0 Å². The van der Waals surface area contributed by atoms with E-state index in [0.717, 1.165) is 45.2 Å². The van der Waals surface area contributed by atoms with Gasteiger partial charge in [0, 0.05) is 13.2 Å². The van der Waals surface area contributed by atoms with Gasteiger partial charge in [-0.1, -0.05) is 6.92 Å². The molecule has 1 heterocycles. The minimum Gasteiger partial charge on any atom is -0.396 e. The fraction of sp³-hybridized carbons (Fsp3) is 0.917. The van der Waals surface area contributed by atoms with Crippen molar-refractivity contribution < 1.29 is 9.90 Å². The van der Waals surface area contributed by atoms with Crippen LogP contribution in [-0.4, -0.2) is 36.8 Å². The summed E-state index contributed by atoms with van der Waals surface area (Å²) in [6, 6.07) is -0.00747. The molecule has 1 saturated heterocycles. The van der Waals surface area contributed by atoms with Crippen LogP contribution in [0.4, 0.5) is 0 Å². The van der Waals surface area contributed by atoms with Gasteiger partial charge in [0.1, 0.15) is 0 Å². The maximum Gasteiger partial charge on any atom is 0.237 e. The van der Waals surface area contributed by atoms with Gasteiger partial charge in [-0.3, -0.25) is 4.79 Å². The number of nitrogens with one attached hydrogen (secondary N) is 2. The van der Waals surface area contributed by atoms with Crippen LogP contribution >= 0.6 is 0 Å². The minimum atomic E-state index is -0.00747. The Kier molecular flexibility index (Phi) is 6.42.